The van der Waals surface area contributed by atoms with Crippen LogP contribution in [0.5, 0.6) is 0 Å². The highest BCUT2D eigenvalue weighted by atomic mass is 16.3. The van der Waals surface area contributed by atoms with Crippen molar-refractivity contribution in [2.45, 2.75) is 39.5 Å². The maximum absolute atomic E-state index is 10.5. The zero-order chi connectivity index (χ0) is 42.5. The molecular formula is C57H41N3O3. The lowest BCUT2D eigenvalue weighted by Crippen LogP contribution is -2.10. The van der Waals surface area contributed by atoms with Crippen LogP contribution in [0.4, 0.5) is 28.4 Å². The molecule has 0 saturated heterocycles. The fourth-order valence-electron chi connectivity index (χ4n) is 9.37. The van der Waals surface area contributed by atoms with Crippen molar-refractivity contribution in [2.75, 3.05) is 10.2 Å². The van der Waals surface area contributed by atoms with E-state index >= 15 is 0 Å². The second-order valence-corrected chi connectivity index (χ2v) is 17.4. The molecule has 3 heterocycles. The molecular weight excluding hydrogens is 775 g/mol. The van der Waals surface area contributed by atoms with Crippen LogP contribution in [0.15, 0.2) is 171 Å². The van der Waals surface area contributed by atoms with Crippen molar-refractivity contribution in [3.8, 4) is 6.07 Å². The number of nitrogens with one attached hydrogen (secondary N) is 1. The molecule has 6 heteroatoms. The molecule has 302 valence electrons. The van der Waals surface area contributed by atoms with Crippen LogP contribution >= 0.6 is 0 Å². The van der Waals surface area contributed by atoms with Crippen LogP contribution in [-0.4, -0.2) is 0 Å². The smallest absolute Gasteiger partial charge is 0.156 e. The minimum Gasteiger partial charge on any atom is -0.456 e. The van der Waals surface area contributed by atoms with E-state index in [1.807, 2.05) is 18.2 Å². The van der Waals surface area contributed by atoms with E-state index in [1.54, 1.807) is 0 Å². The monoisotopic (exact) mass is 815 g/mol. The first-order valence-electron chi connectivity index (χ1n) is 21.6. The summed E-state index contributed by atoms with van der Waals surface area (Å²) in [5, 5.41) is 24.0. The second-order valence-electron chi connectivity index (χ2n) is 17.4. The van der Waals surface area contributed by atoms with Gasteiger partial charge in [-0.25, -0.2) is 0 Å². The van der Waals surface area contributed by atoms with Crippen LogP contribution < -0.4 is 10.2 Å². The number of rotatable bonds is 7. The summed E-state index contributed by atoms with van der Waals surface area (Å²) in [6, 6.07) is 57.9. The van der Waals surface area contributed by atoms with Gasteiger partial charge in [0.1, 0.15) is 34.0 Å². The van der Waals surface area contributed by atoms with Gasteiger partial charge in [0.2, 0.25) is 0 Å². The van der Waals surface area contributed by atoms with E-state index in [1.165, 1.54) is 11.1 Å². The summed E-state index contributed by atoms with van der Waals surface area (Å²) in [6.07, 6.45) is 0. The molecule has 0 unspecified atom stereocenters. The average Bonchev–Trinajstić information content (AvgIpc) is 3.98. The first-order valence-corrected chi connectivity index (χ1v) is 21.6. The van der Waals surface area contributed by atoms with Crippen molar-refractivity contribution in [3.63, 3.8) is 0 Å². The largest absolute Gasteiger partial charge is 0.456 e. The van der Waals surface area contributed by atoms with Crippen molar-refractivity contribution in [3.05, 3.63) is 174 Å². The Balaban J connectivity index is 0.983. The predicted octanol–water partition coefficient (Wildman–Crippen LogP) is 17.0. The predicted molar refractivity (Wildman–Crippen MR) is 261 cm³/mol. The number of nitriles is 1. The molecule has 1 N–H and O–H groups in total. The van der Waals surface area contributed by atoms with E-state index in [-0.39, 0.29) is 0 Å². The summed E-state index contributed by atoms with van der Waals surface area (Å²) in [5.41, 5.74) is 12.6. The molecule has 9 aromatic carbocycles. The van der Waals surface area contributed by atoms with E-state index in [9.17, 15) is 5.26 Å². The maximum Gasteiger partial charge on any atom is 0.156 e. The molecule has 0 saturated carbocycles. The van der Waals surface area contributed by atoms with Gasteiger partial charge in [0, 0.05) is 55.4 Å². The van der Waals surface area contributed by atoms with Crippen molar-refractivity contribution in [2.24, 2.45) is 0 Å². The summed E-state index contributed by atoms with van der Waals surface area (Å²) < 4.78 is 19.6. The van der Waals surface area contributed by atoms with E-state index in [0.29, 0.717) is 34.1 Å². The van der Waals surface area contributed by atoms with Gasteiger partial charge in [-0.2, -0.15) is 5.26 Å². The van der Waals surface area contributed by atoms with Gasteiger partial charge in [-0.3, -0.25) is 0 Å². The third-order valence-corrected chi connectivity index (χ3v) is 12.8. The Morgan fingerprint density at radius 3 is 1.79 bits per heavy atom. The third kappa shape index (κ3) is 6.00. The number of hydrogen-bond acceptors (Lipinski definition) is 6. The van der Waals surface area contributed by atoms with Crippen LogP contribution in [-0.2, 0) is 0 Å². The van der Waals surface area contributed by atoms with Crippen molar-refractivity contribution < 1.29 is 13.3 Å². The normalized spacial score (nSPS) is 12.1. The van der Waals surface area contributed by atoms with E-state index in [0.717, 1.165) is 99.0 Å². The maximum atomic E-state index is 10.5. The minimum absolute atomic E-state index is 0.424. The summed E-state index contributed by atoms with van der Waals surface area (Å²) in [7, 11) is 0. The van der Waals surface area contributed by atoms with Crippen molar-refractivity contribution in [1.82, 2.24) is 0 Å². The van der Waals surface area contributed by atoms with Gasteiger partial charge in [0.15, 0.2) is 5.58 Å². The lowest BCUT2D eigenvalue weighted by Gasteiger charge is -2.26. The van der Waals surface area contributed by atoms with E-state index < -0.39 is 0 Å². The number of furan rings is 3. The zero-order valence-corrected chi connectivity index (χ0v) is 35.3. The lowest BCUT2D eigenvalue weighted by atomic mass is 10.0. The number of benzene rings is 9. The van der Waals surface area contributed by atoms with Gasteiger partial charge in [-0.1, -0.05) is 82.3 Å². The average molecular weight is 816 g/mol. The summed E-state index contributed by atoms with van der Waals surface area (Å²) in [4.78, 5) is 2.31. The fourth-order valence-corrected chi connectivity index (χ4v) is 9.37. The Morgan fingerprint density at radius 2 is 1.03 bits per heavy atom. The number of para-hydroxylation sites is 1. The van der Waals surface area contributed by atoms with E-state index in [4.69, 9.17) is 13.3 Å². The van der Waals surface area contributed by atoms with Gasteiger partial charge < -0.3 is 23.5 Å². The second kappa shape index (κ2) is 14.0. The van der Waals surface area contributed by atoms with E-state index in [2.05, 4.69) is 184 Å². The third-order valence-electron chi connectivity index (χ3n) is 12.8. The quantitative estimate of drug-likeness (QED) is 0.173. The highest BCUT2D eigenvalue weighted by molar-refractivity contribution is 6.25. The van der Waals surface area contributed by atoms with Gasteiger partial charge in [-0.15, -0.1) is 0 Å². The molecule has 12 aromatic rings. The van der Waals surface area contributed by atoms with Gasteiger partial charge in [-0.05, 0) is 148 Å². The molecule has 12 rings (SSSR count). The molecule has 0 amide bonds. The van der Waals surface area contributed by atoms with Crippen LogP contribution in [0.25, 0.3) is 87.4 Å². The Morgan fingerprint density at radius 1 is 0.444 bits per heavy atom. The molecule has 0 spiro atoms. The van der Waals surface area contributed by atoms with Crippen LogP contribution in [0.1, 0.15) is 56.2 Å². The highest BCUT2D eigenvalue weighted by Crippen LogP contribution is 2.45. The van der Waals surface area contributed by atoms with Crippen molar-refractivity contribution >= 4 is 116 Å². The Kier molecular flexibility index (Phi) is 8.19. The lowest BCUT2D eigenvalue weighted by molar-refractivity contribution is 0.662. The standard InChI is InChI=1S/C57H41N3O3/c1-32(2)34-9-15-41(16-10-34)59-42-17-11-36-26-50-54(28-38(36)23-42)62-56-40(31-58)27-49-47-25-37-14-20-44(24-39(37)29-53(47)63-57(49)55(50)56)60(43-18-12-35(13-19-43)33(3)4)45-21-22-52-48(30-45)46-7-5-6-8-51(46)61-52/h5-30,32-33,59H,1-4H3. The summed E-state index contributed by atoms with van der Waals surface area (Å²) in [5.74, 6) is 0.904. The van der Waals surface area contributed by atoms with Crippen LogP contribution in [0.2, 0.25) is 0 Å². The van der Waals surface area contributed by atoms with Crippen molar-refractivity contribution in [1.29, 1.82) is 5.26 Å². The molecule has 0 aliphatic rings. The molecule has 0 fully saturated rings. The molecule has 6 nitrogen and oxygen atoms in total. The molecule has 0 atom stereocenters. The Bertz CT molecular complexity index is 3840. The summed E-state index contributed by atoms with van der Waals surface area (Å²) >= 11 is 0. The fraction of sp³-hybridized carbons (Fsp3) is 0.105. The Hall–Kier alpha value is -8.01. The molecule has 0 aliphatic carbocycles. The zero-order valence-electron chi connectivity index (χ0n) is 35.3. The van der Waals surface area contributed by atoms with Gasteiger partial charge >= 0.3 is 0 Å². The van der Waals surface area contributed by atoms with Crippen LogP contribution in [0, 0.1) is 11.3 Å². The summed E-state index contributed by atoms with van der Waals surface area (Å²) in [6.45, 7) is 8.85. The first-order chi connectivity index (χ1) is 30.8. The SMILES string of the molecule is CC(C)c1ccc(Nc2ccc3cc4c(cc3c2)oc2c(C#N)cc3c5cc6ccc(N(c7ccc(C(C)C)cc7)c7ccc8oc9ccccc9c8c7)cc6cc5oc3c24)cc1. The number of nitrogens with zero attached hydrogens (tertiary/aromatic N) is 2. The number of anilines is 5. The molecule has 0 aliphatic heterocycles. The molecule has 0 radical (unpaired) electrons. The highest BCUT2D eigenvalue weighted by Gasteiger charge is 2.22. The number of hydrogen-bond donors (Lipinski definition) is 1. The topological polar surface area (TPSA) is 78.5 Å². The molecule has 63 heavy (non-hydrogen) atoms. The van der Waals surface area contributed by atoms with Gasteiger partial charge in [0.05, 0.1) is 10.9 Å². The minimum atomic E-state index is 0.424. The Labute approximate surface area is 363 Å². The van der Waals surface area contributed by atoms with Crippen LogP contribution in [0.3, 0.4) is 0 Å². The molecule has 3 aromatic heterocycles. The number of fused-ring (bicyclic) bond motifs is 12. The van der Waals surface area contributed by atoms with Gasteiger partial charge in [0.25, 0.3) is 0 Å². The molecule has 0 bridgehead atoms. The first kappa shape index (κ1) is 36.8.